The van der Waals surface area contributed by atoms with Crippen molar-refractivity contribution < 1.29 is 9.90 Å². The molecule has 0 aliphatic carbocycles. The first-order valence-electron chi connectivity index (χ1n) is 3.53. The van der Waals surface area contributed by atoms with Gasteiger partial charge in [-0.25, -0.2) is 9.78 Å². The second kappa shape index (κ2) is 2.85. The van der Waals surface area contributed by atoms with Gasteiger partial charge in [-0.2, -0.15) is 0 Å². The van der Waals surface area contributed by atoms with Crippen molar-refractivity contribution in [3.05, 3.63) is 34.8 Å². The molecule has 4 nitrogen and oxygen atoms in total. The van der Waals surface area contributed by atoms with Gasteiger partial charge in [-0.05, 0) is 22.0 Å². The standard InChI is InChI=1S/C8H5BrN2O2/c9-7-5(8(12)13)1-2-11-4-10-3-6(7)11/h1-4H,(H,12,13). The summed E-state index contributed by atoms with van der Waals surface area (Å²) in [5, 5.41) is 8.80. The number of hydrogen-bond acceptors (Lipinski definition) is 2. The molecule has 0 saturated carbocycles. The van der Waals surface area contributed by atoms with E-state index in [1.54, 1.807) is 23.1 Å². The van der Waals surface area contributed by atoms with Crippen molar-refractivity contribution in [2.75, 3.05) is 0 Å². The molecule has 0 bridgehead atoms. The van der Waals surface area contributed by atoms with Crippen LogP contribution in [-0.2, 0) is 0 Å². The monoisotopic (exact) mass is 240 g/mol. The van der Waals surface area contributed by atoms with Crippen LogP contribution in [0.1, 0.15) is 10.4 Å². The van der Waals surface area contributed by atoms with E-state index in [9.17, 15) is 4.79 Å². The Morgan fingerprint density at radius 1 is 1.62 bits per heavy atom. The molecule has 0 saturated heterocycles. The summed E-state index contributed by atoms with van der Waals surface area (Å²) < 4.78 is 2.30. The van der Waals surface area contributed by atoms with Crippen LogP contribution < -0.4 is 0 Å². The fourth-order valence-electron chi connectivity index (χ4n) is 1.12. The number of carboxylic acid groups (broad SMARTS) is 1. The summed E-state index contributed by atoms with van der Waals surface area (Å²) in [6, 6.07) is 1.53. The maximum Gasteiger partial charge on any atom is 0.336 e. The molecule has 0 atom stereocenters. The minimum atomic E-state index is -0.949. The Balaban J connectivity index is 2.80. The molecular formula is C8H5BrN2O2. The van der Waals surface area contributed by atoms with Gasteiger partial charge < -0.3 is 9.51 Å². The van der Waals surface area contributed by atoms with Gasteiger partial charge in [0, 0.05) is 6.20 Å². The number of halogens is 1. The van der Waals surface area contributed by atoms with Gasteiger partial charge in [-0.3, -0.25) is 0 Å². The SMILES string of the molecule is O=C(O)c1ccn2cncc2c1Br. The lowest BCUT2D eigenvalue weighted by atomic mass is 10.2. The van der Waals surface area contributed by atoms with Crippen LogP contribution in [0.15, 0.2) is 29.3 Å². The molecule has 2 heterocycles. The zero-order chi connectivity index (χ0) is 9.42. The maximum atomic E-state index is 10.7. The quantitative estimate of drug-likeness (QED) is 0.828. The molecule has 0 amide bonds. The molecule has 66 valence electrons. The number of carboxylic acids is 1. The van der Waals surface area contributed by atoms with Crippen LogP contribution in [0.5, 0.6) is 0 Å². The number of imidazole rings is 1. The third kappa shape index (κ3) is 1.21. The number of aromatic nitrogens is 2. The van der Waals surface area contributed by atoms with Crippen molar-refractivity contribution >= 4 is 27.4 Å². The van der Waals surface area contributed by atoms with Crippen LogP contribution in [0.2, 0.25) is 0 Å². The summed E-state index contributed by atoms with van der Waals surface area (Å²) in [5.41, 5.74) is 0.993. The van der Waals surface area contributed by atoms with Crippen molar-refractivity contribution in [3.8, 4) is 0 Å². The van der Waals surface area contributed by atoms with Crippen LogP contribution in [0.3, 0.4) is 0 Å². The van der Waals surface area contributed by atoms with Gasteiger partial charge in [0.2, 0.25) is 0 Å². The Labute approximate surface area is 82.0 Å². The summed E-state index contributed by atoms with van der Waals surface area (Å²) in [6.45, 7) is 0. The number of carbonyl (C=O) groups is 1. The summed E-state index contributed by atoms with van der Waals surface area (Å²) in [4.78, 5) is 14.6. The highest BCUT2D eigenvalue weighted by molar-refractivity contribution is 9.10. The van der Waals surface area contributed by atoms with Crippen molar-refractivity contribution in [2.45, 2.75) is 0 Å². The van der Waals surface area contributed by atoms with Gasteiger partial charge in [0.25, 0.3) is 0 Å². The van der Waals surface area contributed by atoms with E-state index < -0.39 is 5.97 Å². The first kappa shape index (κ1) is 8.25. The minimum Gasteiger partial charge on any atom is -0.478 e. The average Bonchev–Trinajstić information content (AvgIpc) is 2.52. The van der Waals surface area contributed by atoms with E-state index in [4.69, 9.17) is 5.11 Å². The number of rotatable bonds is 1. The zero-order valence-corrected chi connectivity index (χ0v) is 8.02. The van der Waals surface area contributed by atoms with Crippen LogP contribution in [-0.4, -0.2) is 20.5 Å². The Hall–Kier alpha value is -1.36. The molecule has 1 N–H and O–H groups in total. The fraction of sp³-hybridized carbons (Fsp3) is 0. The topological polar surface area (TPSA) is 54.6 Å². The van der Waals surface area contributed by atoms with Crippen molar-refractivity contribution in [3.63, 3.8) is 0 Å². The number of pyridine rings is 1. The average molecular weight is 241 g/mol. The molecule has 13 heavy (non-hydrogen) atoms. The normalized spacial score (nSPS) is 10.5. The van der Waals surface area contributed by atoms with Gasteiger partial charge >= 0.3 is 5.97 Å². The van der Waals surface area contributed by atoms with Gasteiger partial charge in [0.1, 0.15) is 0 Å². The summed E-state index contributed by atoms with van der Waals surface area (Å²) in [5.74, 6) is -0.949. The van der Waals surface area contributed by atoms with Crippen molar-refractivity contribution in [1.82, 2.24) is 9.38 Å². The lowest BCUT2D eigenvalue weighted by Crippen LogP contribution is -1.99. The zero-order valence-electron chi connectivity index (χ0n) is 6.44. The largest absolute Gasteiger partial charge is 0.478 e. The fourth-order valence-corrected chi connectivity index (χ4v) is 1.73. The molecule has 2 rings (SSSR count). The molecule has 0 unspecified atom stereocenters. The summed E-state index contributed by atoms with van der Waals surface area (Å²) in [7, 11) is 0. The molecule has 0 aliphatic rings. The van der Waals surface area contributed by atoms with E-state index in [0.717, 1.165) is 5.52 Å². The molecular weight excluding hydrogens is 236 g/mol. The van der Waals surface area contributed by atoms with Crippen LogP contribution >= 0.6 is 15.9 Å². The predicted octanol–water partition coefficient (Wildman–Crippen LogP) is 1.79. The van der Waals surface area contributed by atoms with E-state index in [-0.39, 0.29) is 5.56 Å². The number of aromatic carboxylic acids is 1. The molecule has 0 spiro atoms. The van der Waals surface area contributed by atoms with Crippen LogP contribution in [0.4, 0.5) is 0 Å². The first-order valence-corrected chi connectivity index (χ1v) is 4.33. The van der Waals surface area contributed by atoms with Gasteiger partial charge in [0.05, 0.1) is 28.1 Å². The van der Waals surface area contributed by atoms with E-state index in [0.29, 0.717) is 4.47 Å². The second-order valence-electron chi connectivity index (χ2n) is 2.53. The van der Waals surface area contributed by atoms with E-state index >= 15 is 0 Å². The minimum absolute atomic E-state index is 0.244. The van der Waals surface area contributed by atoms with Crippen molar-refractivity contribution in [1.29, 1.82) is 0 Å². The molecule has 2 aromatic heterocycles. The number of nitrogens with zero attached hydrogens (tertiary/aromatic N) is 2. The van der Waals surface area contributed by atoms with E-state index in [1.807, 2.05) is 0 Å². The highest BCUT2D eigenvalue weighted by Gasteiger charge is 2.10. The van der Waals surface area contributed by atoms with Crippen LogP contribution in [0.25, 0.3) is 5.52 Å². The highest BCUT2D eigenvalue weighted by atomic mass is 79.9. The van der Waals surface area contributed by atoms with Gasteiger partial charge in [-0.1, -0.05) is 0 Å². The highest BCUT2D eigenvalue weighted by Crippen LogP contribution is 2.22. The molecule has 5 heteroatoms. The van der Waals surface area contributed by atoms with Gasteiger partial charge in [0.15, 0.2) is 0 Å². The maximum absolute atomic E-state index is 10.7. The van der Waals surface area contributed by atoms with E-state index in [1.165, 1.54) is 6.07 Å². The summed E-state index contributed by atoms with van der Waals surface area (Å²) in [6.07, 6.45) is 4.89. The Morgan fingerprint density at radius 3 is 3.08 bits per heavy atom. The molecule has 2 aromatic rings. The Morgan fingerprint density at radius 2 is 2.38 bits per heavy atom. The Kier molecular flexibility index (Phi) is 1.81. The van der Waals surface area contributed by atoms with Gasteiger partial charge in [-0.15, -0.1) is 0 Å². The molecule has 0 aliphatic heterocycles. The number of hydrogen-bond donors (Lipinski definition) is 1. The smallest absolute Gasteiger partial charge is 0.336 e. The second-order valence-corrected chi connectivity index (χ2v) is 3.33. The lowest BCUT2D eigenvalue weighted by Gasteiger charge is -2.00. The molecule has 0 aromatic carbocycles. The molecule has 0 radical (unpaired) electrons. The Bertz CT molecular complexity index is 478. The van der Waals surface area contributed by atoms with Crippen molar-refractivity contribution in [2.24, 2.45) is 0 Å². The first-order chi connectivity index (χ1) is 6.20. The van der Waals surface area contributed by atoms with Crippen LogP contribution in [0, 0.1) is 0 Å². The lowest BCUT2D eigenvalue weighted by molar-refractivity contribution is 0.0696. The third-order valence-corrected chi connectivity index (χ3v) is 2.59. The van der Waals surface area contributed by atoms with E-state index in [2.05, 4.69) is 20.9 Å². The predicted molar refractivity (Wildman–Crippen MR) is 49.9 cm³/mol. The third-order valence-electron chi connectivity index (χ3n) is 1.76. The number of fused-ring (bicyclic) bond motifs is 1. The summed E-state index contributed by atoms with van der Waals surface area (Å²) >= 11 is 3.22. The molecule has 0 fully saturated rings.